The third kappa shape index (κ3) is 4.38. The molecule has 0 spiro atoms. The maximum atomic E-state index is 13.2. The van der Waals surface area contributed by atoms with Crippen LogP contribution in [0.4, 0.5) is 5.69 Å². The maximum Gasteiger partial charge on any atom is 0.274 e. The predicted molar refractivity (Wildman–Crippen MR) is 138 cm³/mol. The van der Waals surface area contributed by atoms with E-state index in [0.717, 1.165) is 40.0 Å². The Kier molecular flexibility index (Phi) is 5.77. The molecule has 0 aliphatic carbocycles. The number of hydrogen-bond donors (Lipinski definition) is 1. The van der Waals surface area contributed by atoms with Gasteiger partial charge in [-0.3, -0.25) is 18.6 Å². The zero-order valence-corrected chi connectivity index (χ0v) is 21.1. The van der Waals surface area contributed by atoms with Gasteiger partial charge in [-0.25, -0.2) is 4.98 Å². The van der Waals surface area contributed by atoms with E-state index in [-0.39, 0.29) is 12.0 Å². The lowest BCUT2D eigenvalue weighted by molar-refractivity contribution is -0.139. The third-order valence-corrected chi connectivity index (χ3v) is 6.64. The molecule has 37 heavy (non-hydrogen) atoms. The van der Waals surface area contributed by atoms with E-state index in [1.165, 1.54) is 0 Å². The van der Waals surface area contributed by atoms with Gasteiger partial charge in [-0.05, 0) is 50.6 Å². The Bertz CT molecular complexity index is 1600. The molecule has 1 amide bonds. The molecule has 10 nitrogen and oxygen atoms in total. The van der Waals surface area contributed by atoms with Gasteiger partial charge in [0.1, 0.15) is 17.4 Å². The van der Waals surface area contributed by atoms with Gasteiger partial charge in [0.2, 0.25) is 0 Å². The van der Waals surface area contributed by atoms with E-state index in [4.69, 9.17) is 14.6 Å². The summed E-state index contributed by atoms with van der Waals surface area (Å²) in [4.78, 5) is 17.6. The van der Waals surface area contributed by atoms with Crippen LogP contribution < -0.4 is 5.32 Å². The Morgan fingerprint density at radius 2 is 2.05 bits per heavy atom. The Morgan fingerprint density at radius 1 is 1.16 bits per heavy atom. The van der Waals surface area contributed by atoms with E-state index in [9.17, 15) is 4.79 Å². The SMILES string of the molecule is CCc1nn(Cc2ccnn2CC2COC(C)(C)O2)c2cccc(NC(=O)c3cnc4ccccn34)c12. The fourth-order valence-corrected chi connectivity index (χ4v) is 4.93. The number of aryl methyl sites for hydroxylation is 1. The van der Waals surface area contributed by atoms with Crippen molar-refractivity contribution >= 4 is 28.1 Å². The lowest BCUT2D eigenvalue weighted by Gasteiger charge is -2.17. The largest absolute Gasteiger partial charge is 0.348 e. The second-order valence-corrected chi connectivity index (χ2v) is 9.64. The van der Waals surface area contributed by atoms with E-state index >= 15 is 0 Å². The predicted octanol–water partition coefficient (Wildman–Crippen LogP) is 3.90. The summed E-state index contributed by atoms with van der Waals surface area (Å²) in [6.45, 7) is 7.59. The number of ether oxygens (including phenoxy) is 2. The molecule has 1 aliphatic heterocycles. The van der Waals surface area contributed by atoms with Crippen molar-refractivity contribution in [3.05, 3.63) is 78.1 Å². The van der Waals surface area contributed by atoms with Crippen LogP contribution in [0.25, 0.3) is 16.6 Å². The normalized spacial score (nSPS) is 17.1. The third-order valence-electron chi connectivity index (χ3n) is 6.64. The Balaban J connectivity index is 1.29. The van der Waals surface area contributed by atoms with Gasteiger partial charge in [0.25, 0.3) is 5.91 Å². The molecule has 5 aromatic rings. The topological polar surface area (TPSA) is 101 Å². The van der Waals surface area contributed by atoms with E-state index in [1.807, 2.05) is 71.9 Å². The van der Waals surface area contributed by atoms with Crippen LogP contribution in [0, 0.1) is 0 Å². The number of benzene rings is 1. The highest BCUT2D eigenvalue weighted by atomic mass is 16.7. The van der Waals surface area contributed by atoms with Gasteiger partial charge in [0.15, 0.2) is 5.79 Å². The molecule has 190 valence electrons. The molecule has 1 aromatic carbocycles. The number of rotatable bonds is 7. The zero-order chi connectivity index (χ0) is 25.6. The highest BCUT2D eigenvalue weighted by molar-refractivity contribution is 6.08. The van der Waals surface area contributed by atoms with Gasteiger partial charge in [-0.15, -0.1) is 0 Å². The molecular formula is C27H29N7O3. The molecule has 1 atom stereocenters. The highest BCUT2D eigenvalue weighted by Crippen LogP contribution is 2.29. The Morgan fingerprint density at radius 3 is 2.86 bits per heavy atom. The summed E-state index contributed by atoms with van der Waals surface area (Å²) in [6.07, 6.45) is 5.89. The van der Waals surface area contributed by atoms with Crippen molar-refractivity contribution < 1.29 is 14.3 Å². The van der Waals surface area contributed by atoms with Crippen molar-refractivity contribution in [2.45, 2.75) is 52.2 Å². The van der Waals surface area contributed by atoms with Crippen LogP contribution in [0.5, 0.6) is 0 Å². The summed E-state index contributed by atoms with van der Waals surface area (Å²) in [5.74, 6) is -0.795. The number of fused-ring (bicyclic) bond motifs is 2. The smallest absolute Gasteiger partial charge is 0.274 e. The van der Waals surface area contributed by atoms with Gasteiger partial charge < -0.3 is 14.8 Å². The highest BCUT2D eigenvalue weighted by Gasteiger charge is 2.33. The fourth-order valence-electron chi connectivity index (χ4n) is 4.93. The lowest BCUT2D eigenvalue weighted by atomic mass is 10.1. The van der Waals surface area contributed by atoms with Gasteiger partial charge >= 0.3 is 0 Å². The average molecular weight is 500 g/mol. The minimum Gasteiger partial charge on any atom is -0.348 e. The molecular weight excluding hydrogens is 470 g/mol. The summed E-state index contributed by atoms with van der Waals surface area (Å²) in [7, 11) is 0. The van der Waals surface area contributed by atoms with E-state index in [0.29, 0.717) is 25.4 Å². The monoisotopic (exact) mass is 499 g/mol. The second-order valence-electron chi connectivity index (χ2n) is 9.64. The molecule has 1 fully saturated rings. The number of amides is 1. The van der Waals surface area contributed by atoms with Crippen molar-refractivity contribution in [3.63, 3.8) is 0 Å². The van der Waals surface area contributed by atoms with Gasteiger partial charge in [-0.1, -0.05) is 19.1 Å². The summed E-state index contributed by atoms with van der Waals surface area (Å²) in [6, 6.07) is 13.5. The van der Waals surface area contributed by atoms with Crippen LogP contribution >= 0.6 is 0 Å². The zero-order valence-electron chi connectivity index (χ0n) is 21.1. The van der Waals surface area contributed by atoms with Crippen LogP contribution in [0.1, 0.15) is 42.6 Å². The molecule has 0 saturated carbocycles. The molecule has 4 aromatic heterocycles. The number of nitrogens with one attached hydrogen (secondary N) is 1. The van der Waals surface area contributed by atoms with E-state index in [2.05, 4.69) is 22.3 Å². The number of carbonyl (C=O) groups is 1. The van der Waals surface area contributed by atoms with Crippen molar-refractivity contribution in [2.24, 2.45) is 0 Å². The van der Waals surface area contributed by atoms with Gasteiger partial charge in [0, 0.05) is 17.8 Å². The molecule has 6 rings (SSSR count). The maximum absolute atomic E-state index is 13.2. The standard InChI is InChI=1S/C27H29N7O3/c1-4-20-25-21(30-26(35)23-14-28-24-10-5-6-13-32(23)24)8-7-9-22(25)34(31-20)15-18-11-12-29-33(18)16-19-17-36-27(2,3)37-19/h5-14,19H,4,15-17H2,1-3H3,(H,30,35). The summed E-state index contributed by atoms with van der Waals surface area (Å²) in [5.41, 5.74) is 4.81. The minimum absolute atomic E-state index is 0.0596. The summed E-state index contributed by atoms with van der Waals surface area (Å²) >= 11 is 0. The number of hydrogen-bond acceptors (Lipinski definition) is 6. The molecule has 5 heterocycles. The first-order chi connectivity index (χ1) is 17.9. The van der Waals surface area contributed by atoms with Crippen molar-refractivity contribution in [2.75, 3.05) is 11.9 Å². The Hall–Kier alpha value is -4.02. The van der Waals surface area contributed by atoms with Crippen molar-refractivity contribution in [1.29, 1.82) is 0 Å². The summed E-state index contributed by atoms with van der Waals surface area (Å²) in [5, 5.41) is 13.5. The van der Waals surface area contributed by atoms with Gasteiger partial charge in [-0.2, -0.15) is 10.2 Å². The number of imidazole rings is 1. The van der Waals surface area contributed by atoms with E-state index in [1.54, 1.807) is 16.8 Å². The molecule has 0 bridgehead atoms. The van der Waals surface area contributed by atoms with Crippen molar-refractivity contribution in [1.82, 2.24) is 28.9 Å². The van der Waals surface area contributed by atoms with Crippen LogP contribution in [0.3, 0.4) is 0 Å². The first-order valence-corrected chi connectivity index (χ1v) is 12.5. The second kappa shape index (κ2) is 9.13. The lowest BCUT2D eigenvalue weighted by Crippen LogP contribution is -2.25. The quantitative estimate of drug-likeness (QED) is 0.365. The summed E-state index contributed by atoms with van der Waals surface area (Å²) < 4.78 is 17.4. The average Bonchev–Trinajstić information content (AvgIpc) is 3.66. The fraction of sp³-hybridized carbons (Fsp3) is 0.333. The molecule has 1 aliphatic rings. The molecule has 1 N–H and O–H groups in total. The molecule has 1 unspecified atom stereocenters. The van der Waals surface area contributed by atoms with Crippen LogP contribution in [0.2, 0.25) is 0 Å². The Labute approximate surface area is 213 Å². The van der Waals surface area contributed by atoms with Crippen molar-refractivity contribution in [3.8, 4) is 0 Å². The van der Waals surface area contributed by atoms with Crippen LogP contribution in [0.15, 0.2) is 61.1 Å². The molecule has 1 saturated heterocycles. The molecule has 0 radical (unpaired) electrons. The van der Waals surface area contributed by atoms with Crippen LogP contribution in [-0.2, 0) is 29.0 Å². The number of anilines is 1. The minimum atomic E-state index is -0.573. The number of pyridine rings is 1. The number of nitrogens with zero attached hydrogens (tertiary/aromatic N) is 6. The first kappa shape index (κ1) is 23.4. The first-order valence-electron chi connectivity index (χ1n) is 12.5. The number of carbonyl (C=O) groups excluding carboxylic acids is 1. The number of aromatic nitrogens is 6. The van der Waals surface area contributed by atoms with Crippen LogP contribution in [-0.4, -0.2) is 53.4 Å². The molecule has 10 heteroatoms. The van der Waals surface area contributed by atoms with E-state index < -0.39 is 5.79 Å². The van der Waals surface area contributed by atoms with Gasteiger partial charge in [0.05, 0.1) is 48.5 Å².